The standard InChI is InChI=1S/C73H73N3O2/c1-54(49-61-52-74-67-43-22-19-40-63(61)67)73(62-38-16-7-17-39-62,47-25-24-33-56-27-8-3-9-28-56)78-70(77)72(51-59-34-14-6-15-35-59,65-53-75-68-44-23-20-41-64(65)68)71(48-45-58-31-12-5-13-32-58,46-26-36-57-29-10-4-11-30-57)55(2)69-50-60-37-18-21-42-66(60)76-69/h3-23,27-32,34-35,37-44,50,52-55,74-76H,24-26,33,36,45-49,51H2,1-2H3. The highest BCUT2D eigenvalue weighted by atomic mass is 16.6. The molecule has 0 aliphatic carbocycles. The molecule has 0 bridgehead atoms. The van der Waals surface area contributed by atoms with Crippen molar-refractivity contribution in [1.82, 2.24) is 15.0 Å². The van der Waals surface area contributed by atoms with Gasteiger partial charge >= 0.3 is 5.97 Å². The SMILES string of the molecule is CC(Cc1c[nH]c2ccccc12)C(CCCCc1ccccc1)(OC(=O)C(Cc1ccccc1)(c1c[nH]c2ccccc12)C(CCCc1ccccc1)(CCc1ccccc1)C(C)c1cc2ccccc2[nH]1)c1ccccc1. The Hall–Kier alpha value is -8.15. The summed E-state index contributed by atoms with van der Waals surface area (Å²) >= 11 is 0. The molecule has 8 aromatic carbocycles. The van der Waals surface area contributed by atoms with Crippen LogP contribution < -0.4 is 0 Å². The van der Waals surface area contributed by atoms with Gasteiger partial charge in [-0.3, -0.25) is 4.79 Å². The Kier molecular flexibility index (Phi) is 15.7. The summed E-state index contributed by atoms with van der Waals surface area (Å²) in [5, 5.41) is 3.40. The summed E-state index contributed by atoms with van der Waals surface area (Å²) in [7, 11) is 0. The molecule has 5 heteroatoms. The van der Waals surface area contributed by atoms with Gasteiger partial charge in [0.25, 0.3) is 0 Å². The first-order valence-electron chi connectivity index (χ1n) is 28.5. The van der Waals surface area contributed by atoms with Crippen LogP contribution in [0.4, 0.5) is 0 Å². The number of unbranched alkanes of at least 4 members (excludes halogenated alkanes) is 1. The fourth-order valence-electron chi connectivity index (χ4n) is 13.5. The molecule has 0 amide bonds. The second-order valence-electron chi connectivity index (χ2n) is 22.1. The average molecular weight is 1020 g/mol. The number of fused-ring (bicyclic) bond motifs is 3. The zero-order chi connectivity index (χ0) is 53.2. The van der Waals surface area contributed by atoms with Crippen LogP contribution in [0.3, 0.4) is 0 Å². The zero-order valence-corrected chi connectivity index (χ0v) is 45.3. The van der Waals surface area contributed by atoms with E-state index >= 15 is 4.79 Å². The number of hydrogen-bond donors (Lipinski definition) is 3. The zero-order valence-electron chi connectivity index (χ0n) is 45.3. The van der Waals surface area contributed by atoms with E-state index in [1.165, 1.54) is 27.6 Å². The lowest BCUT2D eigenvalue weighted by Gasteiger charge is -2.54. The normalized spacial score (nSPS) is 14.8. The van der Waals surface area contributed by atoms with Gasteiger partial charge in [-0.2, -0.15) is 0 Å². The number of aromatic nitrogens is 3. The van der Waals surface area contributed by atoms with Gasteiger partial charge in [0, 0.05) is 57.2 Å². The highest BCUT2D eigenvalue weighted by Gasteiger charge is 2.62. The first-order valence-corrected chi connectivity index (χ1v) is 28.5. The summed E-state index contributed by atoms with van der Waals surface area (Å²) in [6.07, 6.45) is 12.8. The number of para-hydroxylation sites is 3. The van der Waals surface area contributed by atoms with E-state index in [9.17, 15) is 0 Å². The Labute approximate surface area is 461 Å². The van der Waals surface area contributed by atoms with Gasteiger partial charge in [-0.15, -0.1) is 0 Å². The fraction of sp³-hybridized carbons (Fsp3) is 0.247. The molecule has 0 aliphatic heterocycles. The molecule has 0 spiro atoms. The summed E-state index contributed by atoms with van der Waals surface area (Å²) in [5.74, 6) is -0.486. The van der Waals surface area contributed by atoms with Gasteiger partial charge in [0.05, 0.1) is 0 Å². The maximum atomic E-state index is 18.1. The molecule has 392 valence electrons. The van der Waals surface area contributed by atoms with Gasteiger partial charge in [-0.25, -0.2) is 0 Å². The fourth-order valence-corrected chi connectivity index (χ4v) is 13.5. The molecular formula is C73H73N3O2. The largest absolute Gasteiger partial charge is 0.453 e. The van der Waals surface area contributed by atoms with Crippen LogP contribution in [-0.4, -0.2) is 20.9 Å². The van der Waals surface area contributed by atoms with Crippen LogP contribution in [0.2, 0.25) is 0 Å². The summed E-state index contributed by atoms with van der Waals surface area (Å²) in [5.41, 5.74) is 9.41. The van der Waals surface area contributed by atoms with Crippen molar-refractivity contribution in [3.63, 3.8) is 0 Å². The maximum absolute atomic E-state index is 18.1. The molecule has 3 N–H and O–H groups in total. The smallest absolute Gasteiger partial charge is 0.318 e. The molecule has 78 heavy (non-hydrogen) atoms. The Morgan fingerprint density at radius 3 is 1.64 bits per heavy atom. The van der Waals surface area contributed by atoms with Crippen LogP contribution in [0.15, 0.2) is 243 Å². The number of H-pyrrole nitrogens is 3. The van der Waals surface area contributed by atoms with Gasteiger partial charge in [-0.1, -0.05) is 220 Å². The van der Waals surface area contributed by atoms with Crippen LogP contribution in [0.5, 0.6) is 0 Å². The molecule has 11 aromatic rings. The summed E-state index contributed by atoms with van der Waals surface area (Å²) in [6, 6.07) is 82.4. The summed E-state index contributed by atoms with van der Waals surface area (Å²) < 4.78 is 8.20. The number of carbonyl (C=O) groups is 1. The Balaban J connectivity index is 1.17. The number of nitrogens with one attached hydrogen (secondary N) is 3. The van der Waals surface area contributed by atoms with Crippen molar-refractivity contribution >= 4 is 38.7 Å². The van der Waals surface area contributed by atoms with Crippen molar-refractivity contribution in [3.8, 4) is 0 Å². The van der Waals surface area contributed by atoms with Crippen LogP contribution in [0.25, 0.3) is 32.7 Å². The first-order chi connectivity index (χ1) is 38.3. The lowest BCUT2D eigenvalue weighted by Crippen LogP contribution is -2.58. The molecule has 0 aliphatic rings. The predicted octanol–water partition coefficient (Wildman–Crippen LogP) is 17.8. The van der Waals surface area contributed by atoms with Crippen molar-refractivity contribution in [2.45, 2.75) is 101 Å². The number of aryl methyl sites for hydroxylation is 3. The van der Waals surface area contributed by atoms with Crippen molar-refractivity contribution < 1.29 is 9.53 Å². The van der Waals surface area contributed by atoms with E-state index in [0.717, 1.165) is 94.7 Å². The molecule has 3 heterocycles. The molecule has 0 fully saturated rings. The molecule has 0 saturated heterocycles. The first kappa shape index (κ1) is 51.9. The molecule has 3 aromatic heterocycles. The molecule has 5 unspecified atom stereocenters. The topological polar surface area (TPSA) is 73.7 Å². The van der Waals surface area contributed by atoms with E-state index in [2.05, 4.69) is 272 Å². The number of carbonyl (C=O) groups excluding carboxylic acids is 1. The van der Waals surface area contributed by atoms with E-state index in [4.69, 9.17) is 4.74 Å². The predicted molar refractivity (Wildman–Crippen MR) is 323 cm³/mol. The third-order valence-electron chi connectivity index (χ3n) is 17.7. The number of esters is 1. The third kappa shape index (κ3) is 10.6. The maximum Gasteiger partial charge on any atom is 0.318 e. The quantitative estimate of drug-likeness (QED) is 0.0417. The number of benzene rings is 8. The Bertz CT molecular complexity index is 3630. The Morgan fingerprint density at radius 2 is 1.00 bits per heavy atom. The molecule has 5 atom stereocenters. The average Bonchev–Trinajstić information content (AvgIpc) is 4.06. The minimum atomic E-state index is -1.28. The minimum absolute atomic E-state index is 0.139. The van der Waals surface area contributed by atoms with Crippen LogP contribution >= 0.6 is 0 Å². The van der Waals surface area contributed by atoms with E-state index in [0.29, 0.717) is 25.7 Å². The monoisotopic (exact) mass is 1020 g/mol. The van der Waals surface area contributed by atoms with Crippen LogP contribution in [-0.2, 0) is 52.7 Å². The molecule has 0 radical (unpaired) electrons. The van der Waals surface area contributed by atoms with Gasteiger partial charge < -0.3 is 19.7 Å². The van der Waals surface area contributed by atoms with E-state index in [-0.39, 0.29) is 17.8 Å². The van der Waals surface area contributed by atoms with Gasteiger partial charge in [0.15, 0.2) is 0 Å². The van der Waals surface area contributed by atoms with Crippen LogP contribution in [0.1, 0.15) is 103 Å². The van der Waals surface area contributed by atoms with Gasteiger partial charge in [0.1, 0.15) is 11.0 Å². The van der Waals surface area contributed by atoms with Crippen molar-refractivity contribution in [1.29, 1.82) is 0 Å². The number of ether oxygens (including phenoxy) is 1. The minimum Gasteiger partial charge on any atom is -0.453 e. The van der Waals surface area contributed by atoms with E-state index < -0.39 is 16.4 Å². The highest BCUT2D eigenvalue weighted by molar-refractivity contribution is 5.95. The number of aromatic amines is 3. The van der Waals surface area contributed by atoms with Crippen molar-refractivity contribution in [2.24, 2.45) is 11.3 Å². The van der Waals surface area contributed by atoms with E-state index in [1.54, 1.807) is 0 Å². The second-order valence-corrected chi connectivity index (χ2v) is 22.1. The highest BCUT2D eigenvalue weighted by Crippen LogP contribution is 2.61. The molecular weight excluding hydrogens is 951 g/mol. The second kappa shape index (κ2) is 23.6. The van der Waals surface area contributed by atoms with Crippen molar-refractivity contribution in [2.75, 3.05) is 0 Å². The molecule has 5 nitrogen and oxygen atoms in total. The summed E-state index contributed by atoms with van der Waals surface area (Å²) in [4.78, 5) is 29.5. The Morgan fingerprint density at radius 1 is 0.487 bits per heavy atom. The van der Waals surface area contributed by atoms with E-state index in [1.807, 2.05) is 0 Å². The van der Waals surface area contributed by atoms with Crippen molar-refractivity contribution in [3.05, 3.63) is 288 Å². The van der Waals surface area contributed by atoms with Gasteiger partial charge in [0.2, 0.25) is 0 Å². The number of rotatable bonds is 24. The summed E-state index contributed by atoms with van der Waals surface area (Å²) in [6.45, 7) is 4.74. The lowest BCUT2D eigenvalue weighted by atomic mass is 9.48. The molecule has 0 saturated carbocycles. The van der Waals surface area contributed by atoms with Gasteiger partial charge in [-0.05, 0) is 145 Å². The number of hydrogen-bond acceptors (Lipinski definition) is 2. The molecule has 11 rings (SSSR count). The van der Waals surface area contributed by atoms with Crippen LogP contribution in [0, 0.1) is 11.3 Å². The third-order valence-corrected chi connectivity index (χ3v) is 17.7. The lowest BCUT2D eigenvalue weighted by molar-refractivity contribution is -0.185.